The lowest BCUT2D eigenvalue weighted by Crippen LogP contribution is -2.08. The van der Waals surface area contributed by atoms with E-state index in [-0.39, 0.29) is 11.3 Å². The Balaban J connectivity index is 2.26. The van der Waals surface area contributed by atoms with Crippen LogP contribution in [0.3, 0.4) is 0 Å². The first-order chi connectivity index (χ1) is 8.97. The minimum absolute atomic E-state index is 0.245. The van der Waals surface area contributed by atoms with Crippen molar-refractivity contribution < 1.29 is 14.3 Å². The molecule has 0 aliphatic carbocycles. The number of aromatic nitrogens is 1. The molecule has 0 spiro atoms. The number of benzene rings is 1. The topological polar surface area (TPSA) is 62.2 Å². The molecule has 2 N–H and O–H groups in total. The number of rotatable bonds is 4. The number of nitrogens with one attached hydrogen (secondary N) is 1. The lowest BCUT2D eigenvalue weighted by Gasteiger charge is -2.10. The first-order valence-electron chi connectivity index (χ1n) is 5.35. The van der Waals surface area contributed by atoms with E-state index < -0.39 is 11.8 Å². The molecular weight excluding hydrogens is 291 g/mol. The molecule has 0 unspecified atom stereocenters. The van der Waals surface area contributed by atoms with Crippen molar-refractivity contribution >= 4 is 34.6 Å². The third-order valence-electron chi connectivity index (χ3n) is 2.43. The second kappa shape index (κ2) is 5.54. The van der Waals surface area contributed by atoms with Gasteiger partial charge in [0.25, 0.3) is 0 Å². The number of aromatic carboxylic acids is 1. The fourth-order valence-electron chi connectivity index (χ4n) is 1.65. The summed E-state index contributed by atoms with van der Waals surface area (Å²) in [6.45, 7) is 2.04. The number of anilines is 1. The number of hydrogen-bond donors (Lipinski definition) is 2. The molecule has 2 aromatic rings. The highest BCUT2D eigenvalue weighted by Gasteiger charge is 2.16. The number of carbonyl (C=O) groups is 1. The van der Waals surface area contributed by atoms with Crippen molar-refractivity contribution in [3.8, 4) is 0 Å². The third-order valence-corrected chi connectivity index (χ3v) is 3.54. The lowest BCUT2D eigenvalue weighted by molar-refractivity contribution is 0.0693. The van der Waals surface area contributed by atoms with Crippen molar-refractivity contribution in [2.45, 2.75) is 13.5 Å². The fraction of sp³-hybridized carbons (Fsp3) is 0.167. The molecule has 0 saturated heterocycles. The number of hydrogen-bond acceptors (Lipinski definition) is 4. The van der Waals surface area contributed by atoms with Gasteiger partial charge in [-0.1, -0.05) is 11.6 Å². The summed E-state index contributed by atoms with van der Waals surface area (Å²) in [5, 5.41) is 11.9. The molecule has 0 bridgehead atoms. The highest BCUT2D eigenvalue weighted by Crippen LogP contribution is 2.24. The molecule has 0 radical (unpaired) electrons. The molecule has 2 rings (SSSR count). The van der Waals surface area contributed by atoms with Gasteiger partial charge in [0.1, 0.15) is 11.4 Å². The van der Waals surface area contributed by atoms with E-state index in [0.29, 0.717) is 16.6 Å². The average Bonchev–Trinajstić information content (AvgIpc) is 2.71. The molecular formula is C12H10ClFN2O2S. The highest BCUT2D eigenvalue weighted by atomic mass is 35.5. The zero-order valence-electron chi connectivity index (χ0n) is 9.91. The van der Waals surface area contributed by atoms with Gasteiger partial charge in [-0.25, -0.2) is 14.2 Å². The predicted octanol–water partition coefficient (Wildman–Crippen LogP) is 3.55. The van der Waals surface area contributed by atoms with E-state index in [4.69, 9.17) is 16.7 Å². The largest absolute Gasteiger partial charge is 0.478 e. The first kappa shape index (κ1) is 13.8. The number of carboxylic acid groups (broad SMARTS) is 1. The molecule has 1 aromatic heterocycles. The van der Waals surface area contributed by atoms with E-state index in [2.05, 4.69) is 10.3 Å². The second-order valence-electron chi connectivity index (χ2n) is 3.91. The minimum atomic E-state index is -1.30. The average molecular weight is 301 g/mol. The number of carboxylic acids is 1. The summed E-state index contributed by atoms with van der Waals surface area (Å²) in [7, 11) is 0. The molecule has 0 aliphatic rings. The molecule has 0 fully saturated rings. The van der Waals surface area contributed by atoms with Crippen LogP contribution in [-0.2, 0) is 6.54 Å². The summed E-state index contributed by atoms with van der Waals surface area (Å²) in [5.74, 6) is -2.06. The Morgan fingerprint density at radius 2 is 2.32 bits per heavy atom. The van der Waals surface area contributed by atoms with Gasteiger partial charge in [0.15, 0.2) is 4.47 Å². The zero-order valence-corrected chi connectivity index (χ0v) is 11.5. The standard InChI is InChI=1S/C12H10ClFN2O2S/c1-6-2-8(14)10(11(17)18)9(3-6)15-4-7-5-16-12(13)19-7/h2-3,5,15H,4H2,1H3,(H,17,18). The van der Waals surface area contributed by atoms with Gasteiger partial charge in [-0.2, -0.15) is 0 Å². The van der Waals surface area contributed by atoms with Crippen LogP contribution >= 0.6 is 22.9 Å². The molecule has 1 heterocycles. The number of halogens is 2. The Hall–Kier alpha value is -1.66. The van der Waals surface area contributed by atoms with Crippen molar-refractivity contribution in [1.29, 1.82) is 0 Å². The maximum Gasteiger partial charge on any atom is 0.340 e. The molecule has 0 saturated carbocycles. The number of thiazole rings is 1. The molecule has 0 atom stereocenters. The van der Waals surface area contributed by atoms with Gasteiger partial charge in [-0.05, 0) is 24.6 Å². The monoisotopic (exact) mass is 300 g/mol. The van der Waals surface area contributed by atoms with Crippen LogP contribution in [0.1, 0.15) is 20.8 Å². The Labute approximate surface area is 117 Å². The van der Waals surface area contributed by atoms with E-state index in [1.165, 1.54) is 17.4 Å². The number of aryl methyl sites for hydroxylation is 1. The predicted molar refractivity (Wildman–Crippen MR) is 72.5 cm³/mol. The highest BCUT2D eigenvalue weighted by molar-refractivity contribution is 7.15. The lowest BCUT2D eigenvalue weighted by atomic mass is 10.1. The van der Waals surface area contributed by atoms with Gasteiger partial charge in [-0.15, -0.1) is 11.3 Å². The van der Waals surface area contributed by atoms with E-state index in [1.807, 2.05) is 0 Å². The fourth-order valence-corrected chi connectivity index (χ4v) is 2.56. The van der Waals surface area contributed by atoms with Crippen molar-refractivity contribution in [3.05, 3.63) is 44.6 Å². The van der Waals surface area contributed by atoms with Gasteiger partial charge in [0.05, 0.1) is 12.2 Å². The molecule has 7 heteroatoms. The Morgan fingerprint density at radius 1 is 1.58 bits per heavy atom. The van der Waals surface area contributed by atoms with Crippen molar-refractivity contribution in [2.24, 2.45) is 0 Å². The van der Waals surface area contributed by atoms with E-state index >= 15 is 0 Å². The minimum Gasteiger partial charge on any atom is -0.478 e. The summed E-state index contributed by atoms with van der Waals surface area (Å²) in [6, 6.07) is 2.79. The van der Waals surface area contributed by atoms with Crippen LogP contribution in [0.25, 0.3) is 0 Å². The normalized spacial score (nSPS) is 10.5. The molecule has 4 nitrogen and oxygen atoms in total. The third kappa shape index (κ3) is 3.21. The van der Waals surface area contributed by atoms with Crippen molar-refractivity contribution in [1.82, 2.24) is 4.98 Å². The van der Waals surface area contributed by atoms with Crippen LogP contribution < -0.4 is 5.32 Å². The van der Waals surface area contributed by atoms with E-state index in [9.17, 15) is 9.18 Å². The summed E-state index contributed by atoms with van der Waals surface area (Å²) in [5.41, 5.74) is 0.531. The molecule has 19 heavy (non-hydrogen) atoms. The van der Waals surface area contributed by atoms with Gasteiger partial charge in [0.2, 0.25) is 0 Å². The first-order valence-corrected chi connectivity index (χ1v) is 6.54. The molecule has 100 valence electrons. The van der Waals surface area contributed by atoms with Gasteiger partial charge in [0, 0.05) is 11.1 Å². The van der Waals surface area contributed by atoms with Crippen LogP contribution in [0.2, 0.25) is 4.47 Å². The van der Waals surface area contributed by atoms with E-state index in [1.54, 1.807) is 19.2 Å². The maximum atomic E-state index is 13.6. The van der Waals surface area contributed by atoms with Crippen LogP contribution in [0.5, 0.6) is 0 Å². The zero-order chi connectivity index (χ0) is 14.0. The van der Waals surface area contributed by atoms with Gasteiger partial charge >= 0.3 is 5.97 Å². The Kier molecular flexibility index (Phi) is 4.01. The van der Waals surface area contributed by atoms with Crippen LogP contribution in [0.15, 0.2) is 18.3 Å². The Morgan fingerprint density at radius 3 is 2.89 bits per heavy atom. The van der Waals surface area contributed by atoms with E-state index in [0.717, 1.165) is 4.88 Å². The van der Waals surface area contributed by atoms with Crippen LogP contribution in [-0.4, -0.2) is 16.1 Å². The summed E-state index contributed by atoms with van der Waals surface area (Å²) in [4.78, 5) is 15.8. The van der Waals surface area contributed by atoms with Gasteiger partial charge < -0.3 is 10.4 Å². The molecule has 1 aromatic carbocycles. The Bertz CT molecular complexity index is 630. The quantitative estimate of drug-likeness (QED) is 0.906. The second-order valence-corrected chi connectivity index (χ2v) is 5.60. The molecule has 0 aliphatic heterocycles. The smallest absolute Gasteiger partial charge is 0.340 e. The SMILES string of the molecule is Cc1cc(F)c(C(=O)O)c(NCc2cnc(Cl)s2)c1. The maximum absolute atomic E-state index is 13.6. The number of nitrogens with zero attached hydrogens (tertiary/aromatic N) is 1. The summed E-state index contributed by atoms with van der Waals surface area (Å²) in [6.07, 6.45) is 1.59. The van der Waals surface area contributed by atoms with Crippen LogP contribution in [0, 0.1) is 12.7 Å². The van der Waals surface area contributed by atoms with Crippen molar-refractivity contribution in [2.75, 3.05) is 5.32 Å². The van der Waals surface area contributed by atoms with Crippen molar-refractivity contribution in [3.63, 3.8) is 0 Å². The van der Waals surface area contributed by atoms with Crippen LogP contribution in [0.4, 0.5) is 10.1 Å². The summed E-state index contributed by atoms with van der Waals surface area (Å²) >= 11 is 6.98. The molecule has 0 amide bonds. The van der Waals surface area contributed by atoms with Gasteiger partial charge in [-0.3, -0.25) is 0 Å². The summed E-state index contributed by atoms with van der Waals surface area (Å²) < 4.78 is 14.0.